The highest BCUT2D eigenvalue weighted by atomic mass is 15.3. The number of nitrogens with zero attached hydrogens (tertiary/aromatic N) is 5. The molecule has 0 saturated heterocycles. The molecular formula is C53H33N5. The Morgan fingerprint density at radius 2 is 0.931 bits per heavy atom. The maximum atomic E-state index is 5.33. The van der Waals surface area contributed by atoms with Crippen molar-refractivity contribution in [1.29, 1.82) is 0 Å². The number of fused-ring (bicyclic) bond motifs is 10. The molecule has 8 aromatic carbocycles. The van der Waals surface area contributed by atoms with Crippen molar-refractivity contribution in [3.05, 3.63) is 200 Å². The molecule has 0 N–H and O–H groups in total. The van der Waals surface area contributed by atoms with Crippen molar-refractivity contribution in [2.24, 2.45) is 0 Å². The van der Waals surface area contributed by atoms with Crippen molar-refractivity contribution in [3.8, 4) is 50.7 Å². The largest absolute Gasteiger partial charge is 0.309 e. The maximum absolute atomic E-state index is 5.33. The number of rotatable bonds is 5. The molecule has 5 nitrogen and oxygen atoms in total. The standard InChI is InChI=1S/C53H33N5/c1-3-13-36(14-4-1)47-33-49-42-18-7-10-20-45(42)55-53(58(49)56-47)38-29-25-35(26-30-38)34-23-27-37(28-24-34)51-44-32-31-41-40-17-9-12-22-48(40)57(39-15-5-2-6-16-39)52(41)50(44)43-19-8-11-21-46(43)54-51/h1-33H. The van der Waals surface area contributed by atoms with Gasteiger partial charge in [-0.3, -0.25) is 0 Å². The molecule has 4 aromatic heterocycles. The van der Waals surface area contributed by atoms with Gasteiger partial charge in [-0.1, -0.05) is 164 Å². The van der Waals surface area contributed by atoms with E-state index in [1.54, 1.807) is 0 Å². The summed E-state index contributed by atoms with van der Waals surface area (Å²) in [7, 11) is 0. The summed E-state index contributed by atoms with van der Waals surface area (Å²) in [5.74, 6) is 0.812. The SMILES string of the molecule is c1ccc(-c2cc3c4ccccc4nc(-c4ccc(-c5ccc(-c6nc7ccccc7c7c6ccc6c8ccccc8n(-c8ccccc8)c67)cc5)cc4)n3n2)cc1. The second-order valence-corrected chi connectivity index (χ2v) is 14.8. The first-order valence-electron chi connectivity index (χ1n) is 19.6. The van der Waals surface area contributed by atoms with Crippen molar-refractivity contribution in [3.63, 3.8) is 0 Å². The molecular weight excluding hydrogens is 707 g/mol. The number of aromatic nitrogens is 5. The van der Waals surface area contributed by atoms with E-state index in [-0.39, 0.29) is 0 Å². The average Bonchev–Trinajstić information content (AvgIpc) is 3.90. The van der Waals surface area contributed by atoms with E-state index in [1.807, 2.05) is 28.8 Å². The van der Waals surface area contributed by atoms with E-state index in [0.29, 0.717) is 0 Å². The van der Waals surface area contributed by atoms with Crippen LogP contribution >= 0.6 is 0 Å². The molecule has 0 bridgehead atoms. The van der Waals surface area contributed by atoms with Crippen LogP contribution in [-0.4, -0.2) is 24.1 Å². The fourth-order valence-electron chi connectivity index (χ4n) is 8.81. The van der Waals surface area contributed by atoms with Crippen LogP contribution in [0.2, 0.25) is 0 Å². The molecule has 0 unspecified atom stereocenters. The Hall–Kier alpha value is -7.89. The summed E-state index contributed by atoms with van der Waals surface area (Å²) < 4.78 is 4.41. The highest BCUT2D eigenvalue weighted by molar-refractivity contribution is 6.26. The van der Waals surface area contributed by atoms with Crippen LogP contribution in [0.1, 0.15) is 0 Å². The monoisotopic (exact) mass is 739 g/mol. The van der Waals surface area contributed by atoms with Gasteiger partial charge in [0.25, 0.3) is 0 Å². The third kappa shape index (κ3) is 5.00. The minimum absolute atomic E-state index is 0.812. The fraction of sp³-hybridized carbons (Fsp3) is 0. The van der Waals surface area contributed by atoms with Crippen LogP contribution in [0, 0.1) is 0 Å². The van der Waals surface area contributed by atoms with Gasteiger partial charge in [0.05, 0.1) is 39.0 Å². The first-order chi connectivity index (χ1) is 28.8. The number of hydrogen-bond acceptors (Lipinski definition) is 3. The topological polar surface area (TPSA) is 48.0 Å². The van der Waals surface area contributed by atoms with Gasteiger partial charge in [-0.05, 0) is 47.5 Å². The van der Waals surface area contributed by atoms with Crippen LogP contribution in [0.25, 0.3) is 111 Å². The third-order valence-electron chi connectivity index (χ3n) is 11.5. The molecule has 0 aliphatic carbocycles. The van der Waals surface area contributed by atoms with Crippen LogP contribution in [-0.2, 0) is 0 Å². The molecule has 12 aromatic rings. The molecule has 0 radical (unpaired) electrons. The minimum atomic E-state index is 0.812. The van der Waals surface area contributed by atoms with Gasteiger partial charge in [0.2, 0.25) is 0 Å². The van der Waals surface area contributed by atoms with Gasteiger partial charge in [0, 0.05) is 54.7 Å². The van der Waals surface area contributed by atoms with Gasteiger partial charge < -0.3 is 4.57 Å². The second-order valence-electron chi connectivity index (χ2n) is 14.8. The smallest absolute Gasteiger partial charge is 0.161 e. The Balaban J connectivity index is 0.968. The molecule has 12 rings (SSSR count). The van der Waals surface area contributed by atoms with Crippen molar-refractivity contribution >= 4 is 59.9 Å². The average molecular weight is 740 g/mol. The number of hydrogen-bond donors (Lipinski definition) is 0. The number of pyridine rings is 1. The van der Waals surface area contributed by atoms with E-state index in [2.05, 4.69) is 180 Å². The Morgan fingerprint density at radius 3 is 1.67 bits per heavy atom. The van der Waals surface area contributed by atoms with Crippen molar-refractivity contribution in [2.45, 2.75) is 0 Å². The summed E-state index contributed by atoms with van der Waals surface area (Å²) in [4.78, 5) is 10.4. The summed E-state index contributed by atoms with van der Waals surface area (Å²) in [6.45, 7) is 0. The molecule has 0 amide bonds. The van der Waals surface area contributed by atoms with Gasteiger partial charge >= 0.3 is 0 Å². The Morgan fingerprint density at radius 1 is 0.362 bits per heavy atom. The van der Waals surface area contributed by atoms with Crippen molar-refractivity contribution in [1.82, 2.24) is 24.1 Å². The van der Waals surface area contributed by atoms with Crippen LogP contribution in [0.3, 0.4) is 0 Å². The molecule has 5 heteroatoms. The quantitative estimate of drug-likeness (QED) is 0.165. The Labute approximate surface area is 333 Å². The van der Waals surface area contributed by atoms with Gasteiger partial charge in [0.15, 0.2) is 5.82 Å². The highest BCUT2D eigenvalue weighted by Crippen LogP contribution is 2.42. The number of para-hydroxylation sites is 4. The summed E-state index contributed by atoms with van der Waals surface area (Å²) in [5, 5.41) is 12.1. The number of benzene rings is 8. The lowest BCUT2D eigenvalue weighted by atomic mass is 9.96. The predicted molar refractivity (Wildman–Crippen MR) is 239 cm³/mol. The predicted octanol–water partition coefficient (Wildman–Crippen LogP) is 13.3. The van der Waals surface area contributed by atoms with E-state index in [1.165, 1.54) is 27.2 Å². The molecule has 4 heterocycles. The molecule has 0 aliphatic heterocycles. The van der Waals surface area contributed by atoms with Gasteiger partial charge in [-0.15, -0.1) is 0 Å². The van der Waals surface area contributed by atoms with E-state index in [4.69, 9.17) is 15.1 Å². The fourth-order valence-corrected chi connectivity index (χ4v) is 8.81. The van der Waals surface area contributed by atoms with E-state index >= 15 is 0 Å². The van der Waals surface area contributed by atoms with Crippen LogP contribution in [0.15, 0.2) is 200 Å². The zero-order valence-electron chi connectivity index (χ0n) is 31.3. The normalized spacial score (nSPS) is 11.8. The van der Waals surface area contributed by atoms with Crippen molar-refractivity contribution < 1.29 is 0 Å². The molecule has 58 heavy (non-hydrogen) atoms. The van der Waals surface area contributed by atoms with Crippen LogP contribution < -0.4 is 0 Å². The van der Waals surface area contributed by atoms with Crippen LogP contribution in [0.4, 0.5) is 0 Å². The molecule has 0 aliphatic rings. The lowest BCUT2D eigenvalue weighted by molar-refractivity contribution is 0.949. The Bertz CT molecular complexity index is 3530. The first kappa shape index (κ1) is 32.4. The lowest BCUT2D eigenvalue weighted by Crippen LogP contribution is -1.99. The lowest BCUT2D eigenvalue weighted by Gasteiger charge is -2.14. The molecule has 270 valence electrons. The van der Waals surface area contributed by atoms with E-state index < -0.39 is 0 Å². The summed E-state index contributed by atoms with van der Waals surface area (Å²) in [6.07, 6.45) is 0. The summed E-state index contributed by atoms with van der Waals surface area (Å²) >= 11 is 0. The Kier molecular flexibility index (Phi) is 7.16. The highest BCUT2D eigenvalue weighted by Gasteiger charge is 2.20. The molecule has 0 saturated carbocycles. The molecule has 0 atom stereocenters. The van der Waals surface area contributed by atoms with Gasteiger partial charge in [0.1, 0.15) is 0 Å². The maximum Gasteiger partial charge on any atom is 0.161 e. The summed E-state index contributed by atoms with van der Waals surface area (Å²) in [5.41, 5.74) is 13.8. The minimum Gasteiger partial charge on any atom is -0.309 e. The molecule has 0 fully saturated rings. The first-order valence-corrected chi connectivity index (χ1v) is 19.6. The third-order valence-corrected chi connectivity index (χ3v) is 11.5. The van der Waals surface area contributed by atoms with Crippen LogP contribution in [0.5, 0.6) is 0 Å². The van der Waals surface area contributed by atoms with E-state index in [0.717, 1.165) is 83.4 Å². The summed E-state index contributed by atoms with van der Waals surface area (Å²) in [6, 6.07) is 70.7. The zero-order valence-corrected chi connectivity index (χ0v) is 31.3. The molecule has 0 spiro atoms. The van der Waals surface area contributed by atoms with Gasteiger partial charge in [-0.2, -0.15) is 5.10 Å². The van der Waals surface area contributed by atoms with Crippen molar-refractivity contribution in [2.75, 3.05) is 0 Å². The van der Waals surface area contributed by atoms with E-state index in [9.17, 15) is 0 Å². The second kappa shape index (κ2) is 12.8. The zero-order chi connectivity index (χ0) is 38.2. The van der Waals surface area contributed by atoms with Gasteiger partial charge in [-0.25, -0.2) is 14.5 Å².